The lowest BCUT2D eigenvalue weighted by Gasteiger charge is -2.37. The number of rotatable bonds is 18. The monoisotopic (exact) mass is 649 g/mol. The number of non-ortho nitro benzene ring substituents is 1. The van der Waals surface area contributed by atoms with Gasteiger partial charge in [0.1, 0.15) is 35.8 Å². The summed E-state index contributed by atoms with van der Waals surface area (Å²) in [6.45, 7) is 7.38. The number of unbranched alkanes of at least 4 members (excludes halogenated alkanes) is 3. The van der Waals surface area contributed by atoms with E-state index in [4.69, 9.17) is 9.47 Å². The molecule has 2 aromatic carbocycles. The highest BCUT2D eigenvalue weighted by molar-refractivity contribution is 6.14. The Morgan fingerprint density at radius 3 is 2.45 bits per heavy atom. The SMILES string of the molecule is COC(=O)C1=C(C#N)N(CCCCCCNc2ccc(OCC(O)CNC(C)C)cc2)C(C)C(C(=O)O)=C1c1cccc([N+](=O)[O-])c1. The third-order valence-corrected chi connectivity index (χ3v) is 7.71. The highest BCUT2D eigenvalue weighted by Crippen LogP contribution is 2.40. The molecule has 0 aliphatic carbocycles. The number of benzene rings is 2. The average Bonchev–Trinajstić information content (AvgIpc) is 3.05. The Kier molecular flexibility index (Phi) is 13.7. The van der Waals surface area contributed by atoms with Gasteiger partial charge in [0.25, 0.3) is 5.69 Å². The molecule has 47 heavy (non-hydrogen) atoms. The van der Waals surface area contributed by atoms with Crippen LogP contribution in [0.2, 0.25) is 0 Å². The number of carbonyl (C=O) groups excluding carboxylic acids is 1. The summed E-state index contributed by atoms with van der Waals surface area (Å²) >= 11 is 0. The van der Waals surface area contributed by atoms with E-state index in [1.165, 1.54) is 24.3 Å². The normalized spacial score (nSPS) is 15.3. The zero-order chi connectivity index (χ0) is 34.5. The lowest BCUT2D eigenvalue weighted by Crippen LogP contribution is -2.42. The fourth-order valence-electron chi connectivity index (χ4n) is 5.33. The van der Waals surface area contributed by atoms with Gasteiger partial charge in [-0.05, 0) is 49.6 Å². The molecule has 1 aliphatic rings. The molecule has 0 bridgehead atoms. The van der Waals surface area contributed by atoms with Crippen molar-refractivity contribution >= 4 is 28.9 Å². The molecule has 0 amide bonds. The number of nitro benzene ring substituents is 1. The Bertz CT molecular complexity index is 1510. The van der Waals surface area contributed by atoms with E-state index in [9.17, 15) is 35.2 Å². The Balaban J connectivity index is 1.59. The molecule has 2 atom stereocenters. The van der Waals surface area contributed by atoms with E-state index in [2.05, 4.69) is 16.7 Å². The quantitative estimate of drug-likeness (QED) is 0.0768. The first-order valence-corrected chi connectivity index (χ1v) is 15.6. The zero-order valence-electron chi connectivity index (χ0n) is 27.2. The molecule has 0 fully saturated rings. The number of allylic oxidation sites excluding steroid dienone is 1. The van der Waals surface area contributed by atoms with Crippen molar-refractivity contribution in [2.45, 2.75) is 64.6 Å². The van der Waals surface area contributed by atoms with Gasteiger partial charge in [-0.3, -0.25) is 10.1 Å². The van der Waals surface area contributed by atoms with E-state index in [1.54, 1.807) is 11.8 Å². The van der Waals surface area contributed by atoms with Crippen LogP contribution in [0, 0.1) is 21.4 Å². The highest BCUT2D eigenvalue weighted by Gasteiger charge is 2.39. The maximum Gasteiger partial charge on any atom is 0.341 e. The third kappa shape index (κ3) is 10.0. The maximum absolute atomic E-state index is 13.0. The minimum atomic E-state index is -1.30. The van der Waals surface area contributed by atoms with Crippen molar-refractivity contribution in [3.63, 3.8) is 0 Å². The lowest BCUT2D eigenvalue weighted by atomic mass is 9.84. The second-order valence-electron chi connectivity index (χ2n) is 11.5. The fraction of sp³-hybridized carbons (Fsp3) is 0.441. The maximum atomic E-state index is 13.0. The second-order valence-corrected chi connectivity index (χ2v) is 11.5. The first-order valence-electron chi connectivity index (χ1n) is 15.6. The second kappa shape index (κ2) is 17.7. The van der Waals surface area contributed by atoms with E-state index >= 15 is 0 Å². The number of nitrogens with zero attached hydrogens (tertiary/aromatic N) is 3. The number of nitriles is 1. The molecule has 2 unspecified atom stereocenters. The van der Waals surface area contributed by atoms with Gasteiger partial charge in [0.2, 0.25) is 0 Å². The first-order chi connectivity index (χ1) is 22.5. The van der Waals surface area contributed by atoms with Crippen molar-refractivity contribution in [2.24, 2.45) is 0 Å². The number of hydrogen-bond donors (Lipinski definition) is 4. The minimum absolute atomic E-state index is 0.0355. The summed E-state index contributed by atoms with van der Waals surface area (Å²) in [6.07, 6.45) is 2.57. The molecule has 0 aromatic heterocycles. The van der Waals surface area contributed by atoms with Crippen molar-refractivity contribution in [1.82, 2.24) is 10.2 Å². The number of ether oxygens (including phenoxy) is 2. The summed E-state index contributed by atoms with van der Waals surface area (Å²) in [5.41, 5.74) is 0.324. The Morgan fingerprint density at radius 1 is 1.13 bits per heavy atom. The minimum Gasteiger partial charge on any atom is -0.491 e. The topological polar surface area (TPSA) is 187 Å². The summed E-state index contributed by atoms with van der Waals surface area (Å²) < 4.78 is 10.6. The van der Waals surface area contributed by atoms with Crippen molar-refractivity contribution in [2.75, 3.05) is 38.7 Å². The number of aliphatic hydroxyl groups is 1. The van der Waals surface area contributed by atoms with E-state index in [0.29, 0.717) is 25.3 Å². The van der Waals surface area contributed by atoms with Gasteiger partial charge in [0.15, 0.2) is 0 Å². The van der Waals surface area contributed by atoms with Crippen LogP contribution in [0.25, 0.3) is 5.57 Å². The summed E-state index contributed by atoms with van der Waals surface area (Å²) in [6, 6.07) is 14.4. The van der Waals surface area contributed by atoms with Gasteiger partial charge in [0, 0.05) is 49.1 Å². The van der Waals surface area contributed by atoms with Crippen LogP contribution in [-0.2, 0) is 14.3 Å². The first kappa shape index (κ1) is 36.5. The molecular formula is C34H43N5O8. The van der Waals surface area contributed by atoms with Crippen LogP contribution in [0.5, 0.6) is 5.75 Å². The van der Waals surface area contributed by atoms with Gasteiger partial charge in [-0.25, -0.2) is 9.59 Å². The molecule has 1 aliphatic heterocycles. The average molecular weight is 650 g/mol. The standard InChI is InChI=1S/C34H43N5O8/c1-22(2)37-20-27(40)21-47-28-14-12-25(13-15-28)36-16-7-5-6-8-17-38-23(3)30(33(41)42)31(32(29(38)19-35)34(43)46-4)24-10-9-11-26(18-24)39(44)45/h9-15,18,22-23,27,36-37,40H,5-8,16-17,20-21H2,1-4H3,(H,41,42). The van der Waals surface area contributed by atoms with E-state index in [1.807, 2.05) is 38.1 Å². The molecule has 1 heterocycles. The molecule has 0 saturated heterocycles. The molecule has 13 heteroatoms. The van der Waals surface area contributed by atoms with E-state index < -0.39 is 29.0 Å². The van der Waals surface area contributed by atoms with Gasteiger partial charge in [0.05, 0.1) is 23.6 Å². The zero-order valence-corrected chi connectivity index (χ0v) is 27.2. The van der Waals surface area contributed by atoms with Gasteiger partial charge in [-0.15, -0.1) is 0 Å². The van der Waals surface area contributed by atoms with E-state index in [0.717, 1.165) is 38.6 Å². The van der Waals surface area contributed by atoms with Crippen molar-refractivity contribution < 1.29 is 34.2 Å². The number of hydrogen-bond acceptors (Lipinski definition) is 11. The molecule has 0 saturated carbocycles. The van der Waals surface area contributed by atoms with Crippen LogP contribution in [0.4, 0.5) is 11.4 Å². The molecule has 13 nitrogen and oxygen atoms in total. The molecule has 0 spiro atoms. The van der Waals surface area contributed by atoms with Gasteiger partial charge in [-0.2, -0.15) is 5.26 Å². The number of aliphatic hydroxyl groups excluding tert-OH is 1. The molecular weight excluding hydrogens is 606 g/mol. The summed E-state index contributed by atoms with van der Waals surface area (Å²) in [4.78, 5) is 38.0. The summed E-state index contributed by atoms with van der Waals surface area (Å²) in [5, 5.41) is 48.3. The Hall–Kier alpha value is -4.93. The van der Waals surface area contributed by atoms with Gasteiger partial charge in [-0.1, -0.05) is 38.8 Å². The number of carboxylic acid groups (broad SMARTS) is 1. The van der Waals surface area contributed by atoms with Crippen molar-refractivity contribution in [3.8, 4) is 11.8 Å². The van der Waals surface area contributed by atoms with Gasteiger partial charge < -0.3 is 35.2 Å². The predicted octanol–water partition coefficient (Wildman–Crippen LogP) is 4.50. The van der Waals surface area contributed by atoms with Crippen LogP contribution in [0.15, 0.2) is 65.4 Å². The van der Waals surface area contributed by atoms with Crippen molar-refractivity contribution in [3.05, 3.63) is 81.1 Å². The summed E-state index contributed by atoms with van der Waals surface area (Å²) in [5.74, 6) is -1.53. The molecule has 0 radical (unpaired) electrons. The van der Waals surface area contributed by atoms with Gasteiger partial charge >= 0.3 is 11.9 Å². The number of carboxylic acids is 1. The molecule has 2 aromatic rings. The number of nitrogens with one attached hydrogen (secondary N) is 2. The van der Waals surface area contributed by atoms with Crippen LogP contribution < -0.4 is 15.4 Å². The van der Waals surface area contributed by atoms with Crippen LogP contribution >= 0.6 is 0 Å². The largest absolute Gasteiger partial charge is 0.491 e. The Labute approximate surface area is 274 Å². The number of nitro groups is 1. The molecule has 3 rings (SSSR count). The van der Waals surface area contributed by atoms with Crippen LogP contribution in [0.1, 0.15) is 52.0 Å². The predicted molar refractivity (Wildman–Crippen MR) is 177 cm³/mol. The number of anilines is 1. The number of aliphatic carboxylic acids is 1. The highest BCUT2D eigenvalue weighted by atomic mass is 16.6. The number of methoxy groups -OCH3 is 1. The smallest absolute Gasteiger partial charge is 0.341 e. The molecule has 252 valence electrons. The van der Waals surface area contributed by atoms with Crippen molar-refractivity contribution in [1.29, 1.82) is 5.26 Å². The number of esters is 1. The van der Waals surface area contributed by atoms with E-state index in [-0.39, 0.29) is 46.3 Å². The van der Waals surface area contributed by atoms with Crippen LogP contribution in [-0.4, -0.2) is 83.5 Å². The lowest BCUT2D eigenvalue weighted by molar-refractivity contribution is -0.384. The molecule has 4 N–H and O–H groups in total. The fourth-order valence-corrected chi connectivity index (χ4v) is 5.33. The number of carbonyl (C=O) groups is 2. The third-order valence-electron chi connectivity index (χ3n) is 7.71. The Morgan fingerprint density at radius 2 is 1.83 bits per heavy atom. The summed E-state index contributed by atoms with van der Waals surface area (Å²) in [7, 11) is 1.13. The van der Waals surface area contributed by atoms with Crippen LogP contribution in [0.3, 0.4) is 0 Å².